The minimum Gasteiger partial charge on any atom is -0.506 e. The minimum atomic E-state index is -0.345. The summed E-state index contributed by atoms with van der Waals surface area (Å²) in [4.78, 5) is 15.3. The van der Waals surface area contributed by atoms with Crippen molar-refractivity contribution in [2.45, 2.75) is 6.42 Å². The molecule has 0 saturated heterocycles. The standard InChI is InChI=1S/C12H11NO3/c1-16-11(15)7-9-6-5-8-3-2-4-10(14)12(8)13-9/h2-6,14H,7H2,1H3. The second-order valence-corrected chi connectivity index (χ2v) is 3.40. The van der Waals surface area contributed by atoms with E-state index in [1.807, 2.05) is 12.1 Å². The van der Waals surface area contributed by atoms with Gasteiger partial charge in [0, 0.05) is 5.39 Å². The number of ether oxygens (including phenoxy) is 1. The number of methoxy groups -OCH3 is 1. The molecule has 0 amide bonds. The summed E-state index contributed by atoms with van der Waals surface area (Å²) in [6.45, 7) is 0. The van der Waals surface area contributed by atoms with Crippen LogP contribution in [0.1, 0.15) is 5.69 Å². The van der Waals surface area contributed by atoms with Crippen LogP contribution in [-0.4, -0.2) is 23.2 Å². The van der Waals surface area contributed by atoms with E-state index in [0.29, 0.717) is 11.2 Å². The van der Waals surface area contributed by atoms with Gasteiger partial charge in [-0.3, -0.25) is 4.79 Å². The Labute approximate surface area is 92.5 Å². The summed E-state index contributed by atoms with van der Waals surface area (Å²) in [5.74, 6) is -0.230. The molecule has 4 heteroatoms. The molecule has 0 unspecified atom stereocenters. The summed E-state index contributed by atoms with van der Waals surface area (Å²) < 4.78 is 4.56. The summed E-state index contributed by atoms with van der Waals surface area (Å²) in [5.41, 5.74) is 1.09. The van der Waals surface area contributed by atoms with Crippen LogP contribution in [0.2, 0.25) is 0 Å². The molecule has 0 saturated carbocycles. The van der Waals surface area contributed by atoms with Crippen molar-refractivity contribution < 1.29 is 14.6 Å². The third-order valence-corrected chi connectivity index (χ3v) is 2.31. The van der Waals surface area contributed by atoms with Crippen molar-refractivity contribution in [3.63, 3.8) is 0 Å². The zero-order valence-electron chi connectivity index (χ0n) is 8.80. The van der Waals surface area contributed by atoms with Gasteiger partial charge in [0.2, 0.25) is 0 Å². The number of pyridine rings is 1. The zero-order chi connectivity index (χ0) is 11.5. The molecule has 0 fully saturated rings. The monoisotopic (exact) mass is 217 g/mol. The molecule has 2 aromatic rings. The maximum atomic E-state index is 11.1. The summed E-state index contributed by atoms with van der Waals surface area (Å²) in [5, 5.41) is 10.4. The van der Waals surface area contributed by atoms with Gasteiger partial charge >= 0.3 is 5.97 Å². The Balaban J connectivity index is 2.43. The molecular weight excluding hydrogens is 206 g/mol. The lowest BCUT2D eigenvalue weighted by Crippen LogP contribution is -2.05. The van der Waals surface area contributed by atoms with Gasteiger partial charge in [-0.15, -0.1) is 0 Å². The van der Waals surface area contributed by atoms with Crippen molar-refractivity contribution in [1.29, 1.82) is 0 Å². The van der Waals surface area contributed by atoms with E-state index in [9.17, 15) is 9.90 Å². The van der Waals surface area contributed by atoms with Crippen molar-refractivity contribution in [1.82, 2.24) is 4.98 Å². The second-order valence-electron chi connectivity index (χ2n) is 3.40. The van der Waals surface area contributed by atoms with Crippen LogP contribution in [0.25, 0.3) is 10.9 Å². The van der Waals surface area contributed by atoms with Crippen molar-refractivity contribution in [2.24, 2.45) is 0 Å². The Morgan fingerprint density at radius 2 is 2.19 bits per heavy atom. The van der Waals surface area contributed by atoms with E-state index >= 15 is 0 Å². The Kier molecular flexibility index (Phi) is 2.72. The largest absolute Gasteiger partial charge is 0.506 e. The van der Waals surface area contributed by atoms with Gasteiger partial charge in [0.15, 0.2) is 0 Å². The smallest absolute Gasteiger partial charge is 0.311 e. The van der Waals surface area contributed by atoms with Crippen LogP contribution >= 0.6 is 0 Å². The number of aromatic hydroxyl groups is 1. The van der Waals surface area contributed by atoms with E-state index in [-0.39, 0.29) is 18.1 Å². The van der Waals surface area contributed by atoms with Crippen LogP contribution in [0, 0.1) is 0 Å². The van der Waals surface area contributed by atoms with Gasteiger partial charge < -0.3 is 9.84 Å². The molecule has 0 radical (unpaired) electrons. The molecular formula is C12H11NO3. The van der Waals surface area contributed by atoms with E-state index in [1.54, 1.807) is 18.2 Å². The molecule has 2 rings (SSSR count). The van der Waals surface area contributed by atoms with Gasteiger partial charge in [0.1, 0.15) is 11.3 Å². The number of phenols is 1. The highest BCUT2D eigenvalue weighted by atomic mass is 16.5. The molecule has 0 atom stereocenters. The number of fused-ring (bicyclic) bond motifs is 1. The van der Waals surface area contributed by atoms with Crippen LogP contribution in [0.4, 0.5) is 0 Å². The topological polar surface area (TPSA) is 59.4 Å². The number of phenolic OH excluding ortho intramolecular Hbond substituents is 1. The molecule has 1 N–H and O–H groups in total. The fourth-order valence-corrected chi connectivity index (χ4v) is 1.49. The summed E-state index contributed by atoms with van der Waals surface area (Å²) >= 11 is 0. The first-order valence-electron chi connectivity index (χ1n) is 4.85. The second kappa shape index (κ2) is 4.18. The van der Waals surface area contributed by atoms with Gasteiger partial charge in [-0.25, -0.2) is 4.98 Å². The number of aromatic nitrogens is 1. The number of rotatable bonds is 2. The normalized spacial score (nSPS) is 10.3. The SMILES string of the molecule is COC(=O)Cc1ccc2cccc(O)c2n1. The Morgan fingerprint density at radius 3 is 2.94 bits per heavy atom. The number of nitrogens with zero attached hydrogens (tertiary/aromatic N) is 1. The van der Waals surface area contributed by atoms with Crippen molar-refractivity contribution >= 4 is 16.9 Å². The molecule has 0 aliphatic rings. The van der Waals surface area contributed by atoms with Gasteiger partial charge in [0.05, 0.1) is 19.2 Å². The minimum absolute atomic E-state index is 0.112. The van der Waals surface area contributed by atoms with E-state index in [1.165, 1.54) is 7.11 Å². The lowest BCUT2D eigenvalue weighted by atomic mass is 10.1. The molecule has 4 nitrogen and oxygen atoms in total. The number of hydrogen-bond donors (Lipinski definition) is 1. The first-order valence-corrected chi connectivity index (χ1v) is 4.85. The number of carbonyl (C=O) groups is 1. The number of para-hydroxylation sites is 1. The zero-order valence-corrected chi connectivity index (χ0v) is 8.80. The highest BCUT2D eigenvalue weighted by Crippen LogP contribution is 2.22. The number of hydrogen-bond acceptors (Lipinski definition) is 4. The summed E-state index contributed by atoms with van der Waals surface area (Å²) in [7, 11) is 1.33. The fraction of sp³-hybridized carbons (Fsp3) is 0.167. The quantitative estimate of drug-likeness (QED) is 0.777. The van der Waals surface area contributed by atoms with Crippen molar-refractivity contribution in [2.75, 3.05) is 7.11 Å². The molecule has 0 bridgehead atoms. The average Bonchev–Trinajstić information content (AvgIpc) is 2.30. The Bertz CT molecular complexity index is 537. The van der Waals surface area contributed by atoms with Crippen LogP contribution < -0.4 is 0 Å². The van der Waals surface area contributed by atoms with Crippen molar-refractivity contribution in [3.8, 4) is 5.75 Å². The maximum Gasteiger partial charge on any atom is 0.311 e. The van der Waals surface area contributed by atoms with Gasteiger partial charge in [-0.2, -0.15) is 0 Å². The lowest BCUT2D eigenvalue weighted by Gasteiger charge is -2.03. The first kappa shape index (κ1) is 10.4. The maximum absolute atomic E-state index is 11.1. The number of benzene rings is 1. The first-order chi connectivity index (χ1) is 7.70. The van der Waals surface area contributed by atoms with Crippen LogP contribution in [0.3, 0.4) is 0 Å². The summed E-state index contributed by atoms with van der Waals surface area (Å²) in [6, 6.07) is 8.74. The van der Waals surface area contributed by atoms with Crippen molar-refractivity contribution in [3.05, 3.63) is 36.0 Å². The molecule has 0 aliphatic carbocycles. The van der Waals surface area contributed by atoms with E-state index in [4.69, 9.17) is 0 Å². The predicted molar refractivity (Wildman–Crippen MR) is 59.1 cm³/mol. The highest BCUT2D eigenvalue weighted by Gasteiger charge is 2.06. The summed E-state index contributed by atoms with van der Waals surface area (Å²) in [6.07, 6.45) is 0.112. The fourth-order valence-electron chi connectivity index (χ4n) is 1.49. The van der Waals surface area contributed by atoms with Crippen LogP contribution in [-0.2, 0) is 16.0 Å². The molecule has 16 heavy (non-hydrogen) atoms. The van der Waals surface area contributed by atoms with E-state index in [2.05, 4.69) is 9.72 Å². The molecule has 0 spiro atoms. The van der Waals surface area contributed by atoms with Crippen LogP contribution in [0.15, 0.2) is 30.3 Å². The van der Waals surface area contributed by atoms with Gasteiger partial charge in [-0.1, -0.05) is 18.2 Å². The molecule has 1 heterocycles. The van der Waals surface area contributed by atoms with Crippen LogP contribution in [0.5, 0.6) is 5.75 Å². The average molecular weight is 217 g/mol. The van der Waals surface area contributed by atoms with E-state index < -0.39 is 0 Å². The number of carbonyl (C=O) groups excluding carboxylic acids is 1. The third-order valence-electron chi connectivity index (χ3n) is 2.31. The number of esters is 1. The van der Waals surface area contributed by atoms with Gasteiger partial charge in [0.25, 0.3) is 0 Å². The highest BCUT2D eigenvalue weighted by molar-refractivity contribution is 5.84. The molecule has 82 valence electrons. The molecule has 1 aromatic heterocycles. The molecule has 1 aromatic carbocycles. The predicted octanol–water partition coefficient (Wildman–Crippen LogP) is 1.66. The van der Waals surface area contributed by atoms with Gasteiger partial charge in [-0.05, 0) is 12.1 Å². The third kappa shape index (κ3) is 1.95. The lowest BCUT2D eigenvalue weighted by molar-refractivity contribution is -0.139. The Hall–Kier alpha value is -2.10. The molecule has 0 aliphatic heterocycles. The Morgan fingerprint density at radius 1 is 1.38 bits per heavy atom. The van der Waals surface area contributed by atoms with E-state index in [0.717, 1.165) is 5.39 Å².